The molecule has 1 aliphatic heterocycles. The number of hydrogen-bond acceptors (Lipinski definition) is 6. The standard InChI is InChI=1S/C19H21N7O/c1-13-3-2-6-22-17(13)25-18-16(21-7-8-23-18)14-4-9-26(10-5-14)19(27)15-11-20-12-24-15/h2-3,6-8,11-12,14H,4-5,9-10H2,1H3,(H,20,24)(H,22,23,25). The Morgan fingerprint density at radius 3 is 2.67 bits per heavy atom. The molecule has 0 spiro atoms. The lowest BCUT2D eigenvalue weighted by Gasteiger charge is -2.31. The summed E-state index contributed by atoms with van der Waals surface area (Å²) < 4.78 is 0. The van der Waals surface area contributed by atoms with Gasteiger partial charge in [-0.3, -0.25) is 9.78 Å². The number of piperidine rings is 1. The molecule has 138 valence electrons. The topological polar surface area (TPSA) is 99.7 Å². The van der Waals surface area contributed by atoms with Crippen LogP contribution in [0.1, 0.15) is 40.5 Å². The Hall–Kier alpha value is -3.29. The third-order valence-electron chi connectivity index (χ3n) is 4.87. The van der Waals surface area contributed by atoms with Crippen LogP contribution in [-0.4, -0.2) is 48.8 Å². The van der Waals surface area contributed by atoms with Crippen molar-refractivity contribution in [3.63, 3.8) is 0 Å². The van der Waals surface area contributed by atoms with Crippen molar-refractivity contribution in [1.82, 2.24) is 29.8 Å². The predicted molar refractivity (Wildman–Crippen MR) is 101 cm³/mol. The van der Waals surface area contributed by atoms with E-state index in [1.165, 1.54) is 6.33 Å². The van der Waals surface area contributed by atoms with Crippen LogP contribution < -0.4 is 5.32 Å². The number of aromatic amines is 1. The van der Waals surface area contributed by atoms with E-state index in [9.17, 15) is 4.79 Å². The molecule has 0 radical (unpaired) electrons. The summed E-state index contributed by atoms with van der Waals surface area (Å²) in [4.78, 5) is 34.5. The molecule has 0 aliphatic carbocycles. The Bertz CT molecular complexity index is 917. The molecule has 3 aromatic rings. The number of likely N-dealkylation sites (tertiary alicyclic amines) is 1. The predicted octanol–water partition coefficient (Wildman–Crippen LogP) is 2.67. The number of pyridine rings is 1. The Morgan fingerprint density at radius 2 is 1.93 bits per heavy atom. The number of carbonyl (C=O) groups is 1. The molecular formula is C19H21N7O. The molecule has 0 saturated carbocycles. The average Bonchev–Trinajstić information content (AvgIpc) is 3.25. The van der Waals surface area contributed by atoms with Crippen molar-refractivity contribution in [2.24, 2.45) is 0 Å². The van der Waals surface area contributed by atoms with Crippen LogP contribution in [0.2, 0.25) is 0 Å². The second-order valence-corrected chi connectivity index (χ2v) is 6.62. The highest BCUT2D eigenvalue weighted by Gasteiger charge is 2.27. The van der Waals surface area contributed by atoms with Crippen LogP contribution in [0.15, 0.2) is 43.2 Å². The van der Waals surface area contributed by atoms with Crippen molar-refractivity contribution >= 4 is 17.5 Å². The molecule has 2 N–H and O–H groups in total. The number of imidazole rings is 1. The first-order valence-corrected chi connectivity index (χ1v) is 8.99. The number of aromatic nitrogens is 5. The van der Waals surface area contributed by atoms with Gasteiger partial charge in [0.1, 0.15) is 11.5 Å². The van der Waals surface area contributed by atoms with E-state index in [2.05, 4.69) is 30.2 Å². The van der Waals surface area contributed by atoms with Crippen LogP contribution in [-0.2, 0) is 0 Å². The van der Waals surface area contributed by atoms with E-state index in [-0.39, 0.29) is 11.8 Å². The number of aryl methyl sites for hydroxylation is 1. The van der Waals surface area contributed by atoms with E-state index < -0.39 is 0 Å². The van der Waals surface area contributed by atoms with Crippen LogP contribution in [0, 0.1) is 6.92 Å². The van der Waals surface area contributed by atoms with E-state index in [1.54, 1.807) is 24.8 Å². The molecule has 1 amide bonds. The van der Waals surface area contributed by atoms with Gasteiger partial charge in [-0.15, -0.1) is 0 Å². The summed E-state index contributed by atoms with van der Waals surface area (Å²) in [6.45, 7) is 3.37. The summed E-state index contributed by atoms with van der Waals surface area (Å²) in [5.41, 5.74) is 2.51. The maximum atomic E-state index is 12.5. The van der Waals surface area contributed by atoms with Crippen LogP contribution >= 0.6 is 0 Å². The van der Waals surface area contributed by atoms with Gasteiger partial charge < -0.3 is 15.2 Å². The minimum absolute atomic E-state index is 0.00689. The number of nitrogens with zero attached hydrogens (tertiary/aromatic N) is 5. The zero-order chi connectivity index (χ0) is 18.6. The van der Waals surface area contributed by atoms with E-state index in [0.29, 0.717) is 18.8 Å². The van der Waals surface area contributed by atoms with Crippen LogP contribution in [0.4, 0.5) is 11.6 Å². The monoisotopic (exact) mass is 363 g/mol. The van der Waals surface area contributed by atoms with E-state index in [1.807, 2.05) is 24.0 Å². The Labute approximate surface area is 157 Å². The number of nitrogens with one attached hydrogen (secondary N) is 2. The Balaban J connectivity index is 1.47. The highest BCUT2D eigenvalue weighted by atomic mass is 16.2. The van der Waals surface area contributed by atoms with Crippen molar-refractivity contribution in [2.45, 2.75) is 25.7 Å². The lowest BCUT2D eigenvalue weighted by atomic mass is 9.93. The van der Waals surface area contributed by atoms with E-state index in [4.69, 9.17) is 0 Å². The van der Waals surface area contributed by atoms with Gasteiger partial charge in [-0.2, -0.15) is 0 Å². The molecule has 1 aliphatic rings. The molecule has 4 heterocycles. The smallest absolute Gasteiger partial charge is 0.271 e. The first kappa shape index (κ1) is 17.1. The fourth-order valence-electron chi connectivity index (χ4n) is 3.37. The molecule has 1 fully saturated rings. The minimum atomic E-state index is -0.00689. The molecule has 8 nitrogen and oxygen atoms in total. The largest absolute Gasteiger partial charge is 0.341 e. The van der Waals surface area contributed by atoms with Gasteiger partial charge in [-0.1, -0.05) is 6.07 Å². The first-order chi connectivity index (χ1) is 13.2. The van der Waals surface area contributed by atoms with Crippen LogP contribution in [0.25, 0.3) is 0 Å². The number of H-pyrrole nitrogens is 1. The molecule has 1 saturated heterocycles. The molecule has 0 unspecified atom stereocenters. The quantitative estimate of drug-likeness (QED) is 0.739. The highest BCUT2D eigenvalue weighted by molar-refractivity contribution is 5.92. The zero-order valence-corrected chi connectivity index (χ0v) is 15.1. The Morgan fingerprint density at radius 1 is 1.15 bits per heavy atom. The molecule has 0 atom stereocenters. The van der Waals surface area contributed by atoms with E-state index >= 15 is 0 Å². The lowest BCUT2D eigenvalue weighted by molar-refractivity contribution is 0.0707. The van der Waals surface area contributed by atoms with Gasteiger partial charge in [0.05, 0.1) is 18.2 Å². The summed E-state index contributed by atoms with van der Waals surface area (Å²) >= 11 is 0. The maximum absolute atomic E-state index is 12.5. The van der Waals surface area contributed by atoms with Crippen molar-refractivity contribution in [3.8, 4) is 0 Å². The summed E-state index contributed by atoms with van der Waals surface area (Å²) in [5.74, 6) is 1.76. The van der Waals surface area contributed by atoms with Gasteiger partial charge in [-0.05, 0) is 31.4 Å². The fraction of sp³-hybridized carbons (Fsp3) is 0.316. The van der Waals surface area contributed by atoms with Gasteiger partial charge in [0.25, 0.3) is 5.91 Å². The average molecular weight is 363 g/mol. The van der Waals surface area contributed by atoms with Gasteiger partial charge in [0.15, 0.2) is 5.82 Å². The molecule has 27 heavy (non-hydrogen) atoms. The number of carbonyl (C=O) groups excluding carboxylic acids is 1. The van der Waals surface area contributed by atoms with Crippen molar-refractivity contribution in [2.75, 3.05) is 18.4 Å². The van der Waals surface area contributed by atoms with Crippen LogP contribution in [0.5, 0.6) is 0 Å². The molecule has 8 heteroatoms. The van der Waals surface area contributed by atoms with E-state index in [0.717, 1.165) is 35.7 Å². The van der Waals surface area contributed by atoms with Gasteiger partial charge in [0.2, 0.25) is 0 Å². The van der Waals surface area contributed by atoms with Crippen molar-refractivity contribution < 1.29 is 4.79 Å². The summed E-state index contributed by atoms with van der Waals surface area (Å²) in [6, 6.07) is 3.91. The SMILES string of the molecule is Cc1cccnc1Nc1nccnc1C1CCN(C(=O)c2cnc[nH]2)CC1. The Kier molecular flexibility index (Phi) is 4.78. The second-order valence-electron chi connectivity index (χ2n) is 6.62. The summed E-state index contributed by atoms with van der Waals surface area (Å²) in [6.07, 6.45) is 9.92. The zero-order valence-electron chi connectivity index (χ0n) is 15.1. The van der Waals surface area contributed by atoms with Gasteiger partial charge in [-0.25, -0.2) is 15.0 Å². The molecule has 0 aromatic carbocycles. The van der Waals surface area contributed by atoms with Crippen LogP contribution in [0.3, 0.4) is 0 Å². The highest BCUT2D eigenvalue weighted by Crippen LogP contribution is 2.32. The van der Waals surface area contributed by atoms with Gasteiger partial charge >= 0.3 is 0 Å². The first-order valence-electron chi connectivity index (χ1n) is 8.99. The second kappa shape index (κ2) is 7.53. The summed E-state index contributed by atoms with van der Waals surface area (Å²) in [5, 5.41) is 3.32. The summed E-state index contributed by atoms with van der Waals surface area (Å²) in [7, 11) is 0. The lowest BCUT2D eigenvalue weighted by Crippen LogP contribution is -2.38. The molecular weight excluding hydrogens is 342 g/mol. The minimum Gasteiger partial charge on any atom is -0.341 e. The molecule has 0 bridgehead atoms. The number of anilines is 2. The third-order valence-corrected chi connectivity index (χ3v) is 4.87. The number of hydrogen-bond donors (Lipinski definition) is 2. The molecule has 4 rings (SSSR count). The van der Waals surface area contributed by atoms with Crippen molar-refractivity contribution in [3.05, 3.63) is 60.2 Å². The third kappa shape index (κ3) is 3.64. The number of amides is 1. The molecule has 3 aromatic heterocycles. The van der Waals surface area contributed by atoms with Crippen molar-refractivity contribution in [1.29, 1.82) is 0 Å². The van der Waals surface area contributed by atoms with Gasteiger partial charge in [0, 0.05) is 37.6 Å². The normalized spacial score (nSPS) is 14.9. The number of rotatable bonds is 4. The fourth-order valence-corrected chi connectivity index (χ4v) is 3.37. The maximum Gasteiger partial charge on any atom is 0.271 e.